The van der Waals surface area contributed by atoms with Crippen LogP contribution in [0.3, 0.4) is 0 Å². The molecule has 25 heavy (non-hydrogen) atoms. The minimum atomic E-state index is -3.79. The number of amides is 1. The second kappa shape index (κ2) is 7.97. The van der Waals surface area contributed by atoms with Gasteiger partial charge in [0, 0.05) is 6.04 Å². The lowest BCUT2D eigenvalue weighted by atomic mass is 10.0. The smallest absolute Gasteiger partial charge is 0.241 e. The number of carbonyl (C=O) groups is 1. The van der Waals surface area contributed by atoms with Crippen molar-refractivity contribution < 1.29 is 13.2 Å². The van der Waals surface area contributed by atoms with E-state index in [4.69, 9.17) is 0 Å². The van der Waals surface area contributed by atoms with Crippen molar-refractivity contribution in [3.05, 3.63) is 42.5 Å². The van der Waals surface area contributed by atoms with Gasteiger partial charge >= 0.3 is 0 Å². The van der Waals surface area contributed by atoms with Gasteiger partial charge in [0.2, 0.25) is 15.9 Å². The molecule has 2 rings (SSSR count). The molecule has 0 saturated heterocycles. The van der Waals surface area contributed by atoms with Gasteiger partial charge in [0.25, 0.3) is 0 Å². The molecule has 136 valence electrons. The largest absolute Gasteiger partial charge is 0.352 e. The number of hydrogen-bond acceptors (Lipinski definition) is 3. The highest BCUT2D eigenvalue weighted by Gasteiger charge is 2.29. The number of carbonyl (C=O) groups excluding carboxylic acids is 1. The van der Waals surface area contributed by atoms with Crippen LogP contribution in [0.15, 0.2) is 47.4 Å². The van der Waals surface area contributed by atoms with Crippen molar-refractivity contribution in [3.8, 4) is 0 Å². The van der Waals surface area contributed by atoms with E-state index < -0.39 is 16.1 Å². The first kappa shape index (κ1) is 19.4. The van der Waals surface area contributed by atoms with Crippen LogP contribution >= 0.6 is 0 Å². The van der Waals surface area contributed by atoms with Crippen LogP contribution in [0.25, 0.3) is 10.8 Å². The molecule has 0 aromatic heterocycles. The standard InChI is InChI=1S/C19H26N2O3S/c1-5-14(4)20-19(22)18(13(2)3)21-25(23,24)17-11-10-15-8-6-7-9-16(15)12-17/h6-14,18,21H,5H2,1-4H3,(H,20,22)/t14-,18+/m1/s1. The van der Waals surface area contributed by atoms with Crippen molar-refractivity contribution in [2.75, 3.05) is 0 Å². The Morgan fingerprint density at radius 1 is 1.04 bits per heavy atom. The van der Waals surface area contributed by atoms with Crippen molar-refractivity contribution in [2.24, 2.45) is 5.92 Å². The topological polar surface area (TPSA) is 75.3 Å². The Balaban J connectivity index is 2.28. The number of hydrogen-bond donors (Lipinski definition) is 2. The van der Waals surface area contributed by atoms with Crippen molar-refractivity contribution >= 4 is 26.7 Å². The van der Waals surface area contributed by atoms with Crippen LogP contribution < -0.4 is 10.0 Å². The lowest BCUT2D eigenvalue weighted by molar-refractivity contribution is -0.124. The molecule has 0 heterocycles. The summed E-state index contributed by atoms with van der Waals surface area (Å²) < 4.78 is 28.1. The van der Waals surface area contributed by atoms with E-state index in [-0.39, 0.29) is 22.8 Å². The first-order valence-corrected chi connectivity index (χ1v) is 10.0. The fraction of sp³-hybridized carbons (Fsp3) is 0.421. The third-order valence-electron chi connectivity index (χ3n) is 4.26. The van der Waals surface area contributed by atoms with Crippen LogP contribution in [-0.2, 0) is 14.8 Å². The Kier molecular flexibility index (Phi) is 6.19. The van der Waals surface area contributed by atoms with Gasteiger partial charge in [-0.25, -0.2) is 8.42 Å². The van der Waals surface area contributed by atoms with Gasteiger partial charge in [-0.2, -0.15) is 4.72 Å². The maximum Gasteiger partial charge on any atom is 0.241 e. The molecule has 6 heteroatoms. The Morgan fingerprint density at radius 2 is 1.68 bits per heavy atom. The molecule has 0 fully saturated rings. The third-order valence-corrected chi connectivity index (χ3v) is 5.70. The summed E-state index contributed by atoms with van der Waals surface area (Å²) in [6.45, 7) is 7.51. The molecule has 2 atom stereocenters. The second-order valence-corrected chi connectivity index (χ2v) is 8.38. The fourth-order valence-corrected chi connectivity index (χ4v) is 3.88. The summed E-state index contributed by atoms with van der Waals surface area (Å²) in [5, 5.41) is 4.66. The Bertz CT molecular complexity index is 847. The summed E-state index contributed by atoms with van der Waals surface area (Å²) in [6.07, 6.45) is 0.786. The molecule has 0 saturated carbocycles. The maximum atomic E-state index is 12.8. The number of benzene rings is 2. The molecule has 0 aliphatic heterocycles. The zero-order valence-electron chi connectivity index (χ0n) is 15.1. The first-order chi connectivity index (χ1) is 11.7. The number of rotatable bonds is 7. The van der Waals surface area contributed by atoms with Crippen molar-refractivity contribution in [2.45, 2.75) is 51.1 Å². The molecule has 2 N–H and O–H groups in total. The van der Waals surface area contributed by atoms with E-state index in [1.165, 1.54) is 0 Å². The highest BCUT2D eigenvalue weighted by molar-refractivity contribution is 7.89. The molecule has 2 aromatic carbocycles. The van der Waals surface area contributed by atoms with Gasteiger partial charge in [0.1, 0.15) is 6.04 Å². The third kappa shape index (κ3) is 4.80. The lowest BCUT2D eigenvalue weighted by Gasteiger charge is -2.23. The van der Waals surface area contributed by atoms with Gasteiger partial charge in [-0.05, 0) is 42.2 Å². The summed E-state index contributed by atoms with van der Waals surface area (Å²) in [6, 6.07) is 11.7. The number of sulfonamides is 1. The summed E-state index contributed by atoms with van der Waals surface area (Å²) in [5.74, 6) is -0.465. The van der Waals surface area contributed by atoms with Gasteiger partial charge < -0.3 is 5.32 Å². The highest BCUT2D eigenvalue weighted by atomic mass is 32.2. The molecule has 0 unspecified atom stereocenters. The summed E-state index contributed by atoms with van der Waals surface area (Å²) >= 11 is 0. The van der Waals surface area contributed by atoms with E-state index in [1.807, 2.05) is 52.0 Å². The lowest BCUT2D eigenvalue weighted by Crippen LogP contribution is -2.51. The fourth-order valence-electron chi connectivity index (χ4n) is 2.50. The highest BCUT2D eigenvalue weighted by Crippen LogP contribution is 2.19. The van der Waals surface area contributed by atoms with Crippen LogP contribution in [-0.4, -0.2) is 26.4 Å². The Morgan fingerprint density at radius 3 is 2.28 bits per heavy atom. The van der Waals surface area contributed by atoms with E-state index in [0.29, 0.717) is 0 Å². The molecule has 0 aliphatic carbocycles. The van der Waals surface area contributed by atoms with Crippen LogP contribution in [0.1, 0.15) is 34.1 Å². The molecule has 1 amide bonds. The zero-order chi connectivity index (χ0) is 18.6. The number of nitrogens with one attached hydrogen (secondary N) is 2. The Labute approximate surface area is 149 Å². The summed E-state index contributed by atoms with van der Waals surface area (Å²) in [7, 11) is -3.79. The second-order valence-electron chi connectivity index (χ2n) is 6.67. The maximum absolute atomic E-state index is 12.8. The van der Waals surface area contributed by atoms with Crippen LogP contribution in [0.4, 0.5) is 0 Å². The van der Waals surface area contributed by atoms with E-state index in [1.54, 1.807) is 18.2 Å². The average molecular weight is 362 g/mol. The predicted octanol–water partition coefficient (Wildman–Crippen LogP) is 3.06. The van der Waals surface area contributed by atoms with Crippen LogP contribution in [0.2, 0.25) is 0 Å². The SMILES string of the molecule is CC[C@@H](C)NC(=O)[C@@H](NS(=O)(=O)c1ccc2ccccc2c1)C(C)C. The van der Waals surface area contributed by atoms with E-state index in [9.17, 15) is 13.2 Å². The quantitative estimate of drug-likeness (QED) is 0.795. The van der Waals surface area contributed by atoms with Gasteiger partial charge in [-0.15, -0.1) is 0 Å². The molecule has 5 nitrogen and oxygen atoms in total. The summed E-state index contributed by atoms with van der Waals surface area (Å²) in [4.78, 5) is 12.6. The molecule has 0 radical (unpaired) electrons. The van der Waals surface area contributed by atoms with Gasteiger partial charge in [0.05, 0.1) is 4.90 Å². The van der Waals surface area contributed by atoms with E-state index >= 15 is 0 Å². The van der Waals surface area contributed by atoms with E-state index in [0.717, 1.165) is 17.2 Å². The molecule has 0 bridgehead atoms. The molecule has 0 spiro atoms. The molecular weight excluding hydrogens is 336 g/mol. The summed E-state index contributed by atoms with van der Waals surface area (Å²) in [5.41, 5.74) is 0. The number of fused-ring (bicyclic) bond motifs is 1. The minimum Gasteiger partial charge on any atom is -0.352 e. The predicted molar refractivity (Wildman–Crippen MR) is 101 cm³/mol. The normalized spacial score (nSPS) is 14.4. The minimum absolute atomic E-state index is 0.000997. The Hall–Kier alpha value is -1.92. The first-order valence-electron chi connectivity index (χ1n) is 8.56. The van der Waals surface area contributed by atoms with E-state index in [2.05, 4.69) is 10.0 Å². The molecular formula is C19H26N2O3S. The molecule has 0 aliphatic rings. The zero-order valence-corrected chi connectivity index (χ0v) is 15.9. The average Bonchev–Trinajstić information content (AvgIpc) is 2.58. The van der Waals surface area contributed by atoms with Gasteiger partial charge in [0.15, 0.2) is 0 Å². The van der Waals surface area contributed by atoms with Crippen molar-refractivity contribution in [1.82, 2.24) is 10.0 Å². The van der Waals surface area contributed by atoms with Crippen molar-refractivity contribution in [3.63, 3.8) is 0 Å². The van der Waals surface area contributed by atoms with Crippen LogP contribution in [0, 0.1) is 5.92 Å². The molecule has 2 aromatic rings. The van der Waals surface area contributed by atoms with Crippen LogP contribution in [0.5, 0.6) is 0 Å². The monoisotopic (exact) mass is 362 g/mol. The van der Waals surface area contributed by atoms with Crippen molar-refractivity contribution in [1.29, 1.82) is 0 Å². The van der Waals surface area contributed by atoms with Gasteiger partial charge in [-0.3, -0.25) is 4.79 Å². The van der Waals surface area contributed by atoms with Gasteiger partial charge in [-0.1, -0.05) is 51.1 Å².